The van der Waals surface area contributed by atoms with Gasteiger partial charge in [0.15, 0.2) is 6.23 Å². The molecule has 172 valence electrons. The van der Waals surface area contributed by atoms with Crippen molar-refractivity contribution >= 4 is 23.5 Å². The first-order valence-corrected chi connectivity index (χ1v) is 12.2. The van der Waals surface area contributed by atoms with Gasteiger partial charge in [-0.25, -0.2) is 18.5 Å². The van der Waals surface area contributed by atoms with E-state index in [1.165, 1.54) is 6.92 Å². The van der Waals surface area contributed by atoms with Gasteiger partial charge in [-0.2, -0.15) is 8.62 Å². The summed E-state index contributed by atoms with van der Waals surface area (Å²) in [5, 5.41) is 20.1. The van der Waals surface area contributed by atoms with Crippen molar-refractivity contribution in [2.45, 2.75) is 31.5 Å². The molecule has 1 aromatic rings. The summed E-state index contributed by atoms with van der Waals surface area (Å²) in [5.41, 5.74) is -1.62. The summed E-state index contributed by atoms with van der Waals surface area (Å²) in [5.74, 6) is 0. The molecule has 6 atom stereocenters. The van der Waals surface area contributed by atoms with E-state index in [0.717, 1.165) is 10.8 Å². The van der Waals surface area contributed by atoms with Gasteiger partial charge in [-0.3, -0.25) is 18.9 Å². The fraction of sp³-hybridized carbons (Fsp3) is 0.600. The molecule has 20 heteroatoms. The van der Waals surface area contributed by atoms with Crippen LogP contribution < -0.4 is 11.2 Å². The van der Waals surface area contributed by atoms with Crippen LogP contribution in [-0.4, -0.2) is 64.3 Å². The van der Waals surface area contributed by atoms with Crippen LogP contribution in [-0.2, 0) is 31.6 Å². The van der Waals surface area contributed by atoms with Crippen molar-refractivity contribution in [2.75, 3.05) is 6.61 Å². The van der Waals surface area contributed by atoms with Crippen molar-refractivity contribution in [1.29, 1.82) is 0 Å². The van der Waals surface area contributed by atoms with E-state index in [0.29, 0.717) is 0 Å². The Kier molecular flexibility index (Phi) is 7.44. The van der Waals surface area contributed by atoms with Crippen molar-refractivity contribution in [3.8, 4) is 0 Å². The van der Waals surface area contributed by atoms with Gasteiger partial charge in [0.25, 0.3) is 5.56 Å². The van der Waals surface area contributed by atoms with Gasteiger partial charge in [-0.1, -0.05) is 0 Å². The van der Waals surface area contributed by atoms with E-state index in [2.05, 4.69) is 13.1 Å². The first kappa shape index (κ1) is 25.2. The molecule has 0 bridgehead atoms. The van der Waals surface area contributed by atoms with Crippen LogP contribution in [0.1, 0.15) is 11.8 Å². The van der Waals surface area contributed by atoms with Gasteiger partial charge in [0, 0.05) is 11.8 Å². The third kappa shape index (κ3) is 6.48. The molecule has 30 heavy (non-hydrogen) atoms. The van der Waals surface area contributed by atoms with Crippen molar-refractivity contribution in [2.24, 2.45) is 0 Å². The number of aryl methyl sites for hydroxylation is 1. The SMILES string of the molecule is Cc1cn([C@@H]2O[C@H](COP(=O)(O)OP(=O)(O)OP(=O)(O)O)C(O)C2O)c(=O)[nH]c1=O. The van der Waals surface area contributed by atoms with Crippen LogP contribution in [0, 0.1) is 6.92 Å². The Bertz CT molecular complexity index is 1040. The van der Waals surface area contributed by atoms with Crippen LogP contribution in [0.25, 0.3) is 0 Å². The van der Waals surface area contributed by atoms with Crippen molar-refractivity contribution in [3.63, 3.8) is 0 Å². The van der Waals surface area contributed by atoms with Crippen molar-refractivity contribution in [3.05, 3.63) is 32.6 Å². The zero-order valence-electron chi connectivity index (χ0n) is 14.7. The van der Waals surface area contributed by atoms with E-state index in [4.69, 9.17) is 19.4 Å². The first-order valence-electron chi connectivity index (χ1n) is 7.63. The van der Waals surface area contributed by atoms with Crippen LogP contribution in [0.5, 0.6) is 0 Å². The molecule has 4 unspecified atom stereocenters. The van der Waals surface area contributed by atoms with Crippen LogP contribution in [0.2, 0.25) is 0 Å². The molecule has 0 radical (unpaired) electrons. The van der Waals surface area contributed by atoms with Crippen LogP contribution >= 0.6 is 23.5 Å². The van der Waals surface area contributed by atoms with Gasteiger partial charge in [-0.05, 0) is 6.92 Å². The van der Waals surface area contributed by atoms with Crippen LogP contribution in [0.15, 0.2) is 15.8 Å². The molecule has 17 nitrogen and oxygen atoms in total. The Hall–Kier alpha value is -1.03. The highest BCUT2D eigenvalue weighted by molar-refractivity contribution is 7.66. The quantitative estimate of drug-likeness (QED) is 0.188. The number of aliphatic hydroxyl groups is 2. The van der Waals surface area contributed by atoms with Gasteiger partial charge < -0.3 is 34.5 Å². The zero-order chi connectivity index (χ0) is 23.1. The molecule has 1 fully saturated rings. The van der Waals surface area contributed by atoms with Crippen LogP contribution in [0.3, 0.4) is 0 Å². The second-order valence-corrected chi connectivity index (χ2v) is 10.3. The molecule has 0 saturated carbocycles. The number of hydrogen-bond donors (Lipinski definition) is 7. The summed E-state index contributed by atoms with van der Waals surface area (Å²) in [6, 6.07) is 0. The lowest BCUT2D eigenvalue weighted by Gasteiger charge is -2.19. The van der Waals surface area contributed by atoms with E-state index >= 15 is 0 Å². The van der Waals surface area contributed by atoms with Crippen molar-refractivity contribution in [1.82, 2.24) is 9.55 Å². The molecule has 2 heterocycles. The third-order valence-electron chi connectivity index (χ3n) is 3.58. The summed E-state index contributed by atoms with van der Waals surface area (Å²) in [7, 11) is -16.8. The number of rotatable bonds is 8. The second kappa shape index (κ2) is 8.84. The average molecular weight is 498 g/mol. The standard InChI is InChI=1S/C10H17N2O15P3/c1-4-2-12(10(16)11-8(4)15)9-7(14)6(13)5(25-9)3-24-29(20,21)27-30(22,23)26-28(17,18)19/h2,5-7,9,13-14H,3H2,1H3,(H,20,21)(H,22,23)(H,11,15,16)(H2,17,18,19)/t5-,6?,7?,9-/m1/s1. The fourth-order valence-electron chi connectivity index (χ4n) is 2.34. The lowest BCUT2D eigenvalue weighted by atomic mass is 10.1. The molecule has 7 N–H and O–H groups in total. The summed E-state index contributed by atoms with van der Waals surface area (Å²) in [4.78, 5) is 60.6. The number of nitrogens with one attached hydrogen (secondary N) is 1. The Morgan fingerprint density at radius 3 is 2.23 bits per heavy atom. The second-order valence-electron chi connectivity index (χ2n) is 5.91. The van der Waals surface area contributed by atoms with Crippen LogP contribution in [0.4, 0.5) is 0 Å². The fourth-order valence-corrected chi connectivity index (χ4v) is 5.37. The molecule has 0 spiro atoms. The first-order chi connectivity index (χ1) is 13.5. The Labute approximate surface area is 165 Å². The van der Waals surface area contributed by atoms with Gasteiger partial charge in [0.1, 0.15) is 18.3 Å². The van der Waals surface area contributed by atoms with Gasteiger partial charge in [0.2, 0.25) is 0 Å². The highest BCUT2D eigenvalue weighted by Gasteiger charge is 2.46. The largest absolute Gasteiger partial charge is 0.490 e. The third-order valence-corrected chi connectivity index (χ3v) is 7.38. The maximum absolute atomic E-state index is 11.9. The summed E-state index contributed by atoms with van der Waals surface area (Å²) in [6.07, 6.45) is -5.64. The maximum Gasteiger partial charge on any atom is 0.490 e. The van der Waals surface area contributed by atoms with E-state index in [1.807, 2.05) is 4.98 Å². The lowest BCUT2D eigenvalue weighted by Crippen LogP contribution is -2.38. The Morgan fingerprint density at radius 1 is 1.07 bits per heavy atom. The van der Waals surface area contributed by atoms with Crippen molar-refractivity contribution < 1.29 is 61.4 Å². The molecule has 2 rings (SSSR count). The number of phosphoric acid groups is 3. The number of hydrogen-bond acceptors (Lipinski definition) is 11. The highest BCUT2D eigenvalue weighted by Crippen LogP contribution is 2.66. The monoisotopic (exact) mass is 498 g/mol. The number of ether oxygens (including phenoxy) is 1. The summed E-state index contributed by atoms with van der Waals surface area (Å²) in [6.45, 7) is 0.300. The molecular formula is C10H17N2O15P3. The van der Waals surface area contributed by atoms with E-state index < -0.39 is 65.9 Å². The smallest absolute Gasteiger partial charge is 0.387 e. The molecular weight excluding hydrogens is 481 g/mol. The number of aromatic amines is 1. The average Bonchev–Trinajstić information content (AvgIpc) is 2.81. The molecule has 1 aromatic heterocycles. The topological polar surface area (TPSA) is 264 Å². The summed E-state index contributed by atoms with van der Waals surface area (Å²) >= 11 is 0. The molecule has 1 saturated heterocycles. The normalized spacial score (nSPS) is 28.8. The van der Waals surface area contributed by atoms with E-state index in [9.17, 15) is 38.4 Å². The number of phosphoric ester groups is 1. The zero-order valence-corrected chi connectivity index (χ0v) is 17.4. The van der Waals surface area contributed by atoms with E-state index in [-0.39, 0.29) is 5.56 Å². The minimum Gasteiger partial charge on any atom is -0.387 e. The summed E-state index contributed by atoms with van der Waals surface area (Å²) < 4.78 is 50.8. The molecule has 0 aromatic carbocycles. The Balaban J connectivity index is 2.09. The molecule has 1 aliphatic heterocycles. The number of nitrogens with zero attached hydrogens (tertiary/aromatic N) is 1. The highest BCUT2D eigenvalue weighted by atomic mass is 31.3. The number of aliphatic hydroxyl groups excluding tert-OH is 2. The van der Waals surface area contributed by atoms with Gasteiger partial charge >= 0.3 is 29.2 Å². The molecule has 0 aliphatic carbocycles. The number of H-pyrrole nitrogens is 1. The van der Waals surface area contributed by atoms with Gasteiger partial charge in [0.05, 0.1) is 6.61 Å². The van der Waals surface area contributed by atoms with E-state index in [1.54, 1.807) is 0 Å². The molecule has 1 aliphatic rings. The minimum atomic E-state index is -5.73. The van der Waals surface area contributed by atoms with Gasteiger partial charge in [-0.15, -0.1) is 0 Å². The molecule has 0 amide bonds. The lowest BCUT2D eigenvalue weighted by molar-refractivity contribution is -0.0543. The Morgan fingerprint density at radius 2 is 1.67 bits per heavy atom. The maximum atomic E-state index is 11.9. The number of aromatic nitrogens is 2. The minimum absolute atomic E-state index is 0.0663. The predicted octanol–water partition coefficient (Wildman–Crippen LogP) is -2.19. The predicted molar refractivity (Wildman–Crippen MR) is 91.8 cm³/mol.